The van der Waals surface area contributed by atoms with Gasteiger partial charge >= 0.3 is 0 Å². The van der Waals surface area contributed by atoms with E-state index in [1.807, 2.05) is 6.07 Å². The molecule has 4 heteroatoms. The Balaban J connectivity index is 2.78. The number of aryl methyl sites for hydroxylation is 1. The summed E-state index contributed by atoms with van der Waals surface area (Å²) in [7, 11) is 2.07. The quantitative estimate of drug-likeness (QED) is 0.771. The lowest BCUT2D eigenvalue weighted by Crippen LogP contribution is -2.20. The van der Waals surface area contributed by atoms with Crippen LogP contribution in [0.15, 0.2) is 10.7 Å². The summed E-state index contributed by atoms with van der Waals surface area (Å²) in [6.07, 6.45) is 3.27. The van der Waals surface area contributed by atoms with Gasteiger partial charge in [0, 0.05) is 26.1 Å². The Bertz CT molecular complexity index is 315. The minimum absolute atomic E-state index is 0.868. The zero-order valence-corrected chi connectivity index (χ0v) is 11.2. The third kappa shape index (κ3) is 3.78. The summed E-state index contributed by atoms with van der Waals surface area (Å²) in [6, 6.07) is 1.97. The smallest absolute Gasteiger partial charge is 0.133 e. The van der Waals surface area contributed by atoms with Crippen LogP contribution < -0.4 is 4.90 Å². The Labute approximate surface area is 100 Å². The summed E-state index contributed by atoms with van der Waals surface area (Å²) in [5, 5.41) is 0. The van der Waals surface area contributed by atoms with Gasteiger partial charge in [-0.05, 0) is 22.4 Å². The minimum atomic E-state index is 0.868. The average Bonchev–Trinajstić information content (AvgIpc) is 2.24. The lowest BCUT2D eigenvalue weighted by Gasteiger charge is -2.18. The first-order valence-corrected chi connectivity index (χ1v) is 6.21. The van der Waals surface area contributed by atoms with Crippen molar-refractivity contribution in [2.24, 2.45) is 0 Å². The van der Waals surface area contributed by atoms with E-state index in [0.717, 1.165) is 29.2 Å². The first-order valence-electron chi connectivity index (χ1n) is 5.42. The van der Waals surface area contributed by atoms with Crippen molar-refractivity contribution < 1.29 is 0 Å². The summed E-state index contributed by atoms with van der Waals surface area (Å²) in [5.74, 6) is 1.89. The van der Waals surface area contributed by atoms with Gasteiger partial charge in [-0.3, -0.25) is 0 Å². The summed E-state index contributed by atoms with van der Waals surface area (Å²) in [6.45, 7) is 5.31. The number of halogens is 1. The van der Waals surface area contributed by atoms with E-state index in [9.17, 15) is 0 Å². The van der Waals surface area contributed by atoms with Crippen LogP contribution in [0.2, 0.25) is 0 Å². The number of anilines is 1. The molecule has 0 amide bonds. The highest BCUT2D eigenvalue weighted by Crippen LogP contribution is 2.16. The predicted octanol–water partition coefficient (Wildman–Crippen LogP) is 3.04. The largest absolute Gasteiger partial charge is 0.360 e. The van der Waals surface area contributed by atoms with Gasteiger partial charge in [-0.15, -0.1) is 0 Å². The van der Waals surface area contributed by atoms with Crippen LogP contribution in [-0.2, 0) is 6.42 Å². The molecule has 0 aliphatic carbocycles. The van der Waals surface area contributed by atoms with Crippen LogP contribution in [0.5, 0.6) is 0 Å². The van der Waals surface area contributed by atoms with E-state index in [2.05, 4.69) is 51.7 Å². The van der Waals surface area contributed by atoms with Crippen molar-refractivity contribution in [2.45, 2.75) is 33.1 Å². The normalized spacial score (nSPS) is 10.4. The molecule has 3 nitrogen and oxygen atoms in total. The Morgan fingerprint density at radius 2 is 2.07 bits per heavy atom. The SMILES string of the molecule is CCCCN(C)c1cc(Br)nc(CC)n1. The monoisotopic (exact) mass is 271 g/mol. The molecular weight excluding hydrogens is 254 g/mol. The molecule has 0 aliphatic heterocycles. The molecule has 0 saturated carbocycles. The lowest BCUT2D eigenvalue weighted by molar-refractivity contribution is 0.753. The molecule has 0 saturated heterocycles. The fourth-order valence-electron chi connectivity index (χ4n) is 1.32. The standard InChI is InChI=1S/C11H18BrN3/c1-4-6-7-15(3)11-8-9(12)13-10(5-2)14-11/h8H,4-7H2,1-3H3. The first kappa shape index (κ1) is 12.4. The number of hydrogen-bond acceptors (Lipinski definition) is 3. The number of unbranched alkanes of at least 4 members (excludes halogenated alkanes) is 1. The van der Waals surface area contributed by atoms with Crippen molar-refractivity contribution in [3.63, 3.8) is 0 Å². The van der Waals surface area contributed by atoms with Crippen LogP contribution in [0.4, 0.5) is 5.82 Å². The van der Waals surface area contributed by atoms with Crippen LogP contribution >= 0.6 is 15.9 Å². The van der Waals surface area contributed by atoms with Gasteiger partial charge in [-0.2, -0.15) is 0 Å². The summed E-state index contributed by atoms with van der Waals surface area (Å²) >= 11 is 3.41. The molecule has 0 aliphatic rings. The zero-order chi connectivity index (χ0) is 11.3. The lowest BCUT2D eigenvalue weighted by atomic mass is 10.3. The van der Waals surface area contributed by atoms with Crippen molar-refractivity contribution in [1.82, 2.24) is 9.97 Å². The van der Waals surface area contributed by atoms with E-state index >= 15 is 0 Å². The molecule has 0 radical (unpaired) electrons. The van der Waals surface area contributed by atoms with Gasteiger partial charge in [-0.25, -0.2) is 9.97 Å². The fourth-order valence-corrected chi connectivity index (χ4v) is 1.72. The maximum Gasteiger partial charge on any atom is 0.133 e. The first-order chi connectivity index (χ1) is 7.17. The van der Waals surface area contributed by atoms with Gasteiger partial charge in [0.1, 0.15) is 16.2 Å². The number of hydrogen-bond donors (Lipinski definition) is 0. The van der Waals surface area contributed by atoms with E-state index in [0.29, 0.717) is 0 Å². The molecule has 0 atom stereocenters. The summed E-state index contributed by atoms with van der Waals surface area (Å²) in [5.41, 5.74) is 0. The van der Waals surface area contributed by atoms with E-state index in [1.54, 1.807) is 0 Å². The molecule has 0 aromatic carbocycles. The topological polar surface area (TPSA) is 29.0 Å². The molecule has 0 unspecified atom stereocenters. The van der Waals surface area contributed by atoms with Gasteiger partial charge in [0.15, 0.2) is 0 Å². The molecule has 0 spiro atoms. The number of aromatic nitrogens is 2. The molecule has 0 N–H and O–H groups in total. The second-order valence-electron chi connectivity index (χ2n) is 3.59. The van der Waals surface area contributed by atoms with Crippen molar-refractivity contribution in [3.8, 4) is 0 Å². The van der Waals surface area contributed by atoms with Crippen molar-refractivity contribution in [2.75, 3.05) is 18.5 Å². The van der Waals surface area contributed by atoms with Gasteiger partial charge in [0.05, 0.1) is 0 Å². The fraction of sp³-hybridized carbons (Fsp3) is 0.636. The molecule has 0 fully saturated rings. The molecule has 1 rings (SSSR count). The van der Waals surface area contributed by atoms with Gasteiger partial charge < -0.3 is 4.90 Å². The third-order valence-electron chi connectivity index (χ3n) is 2.28. The maximum absolute atomic E-state index is 4.49. The van der Waals surface area contributed by atoms with E-state index in [4.69, 9.17) is 0 Å². The van der Waals surface area contributed by atoms with Gasteiger partial charge in [0.25, 0.3) is 0 Å². The Hall–Kier alpha value is -0.640. The predicted molar refractivity (Wildman–Crippen MR) is 67.3 cm³/mol. The van der Waals surface area contributed by atoms with Crippen LogP contribution in [0.1, 0.15) is 32.5 Å². The Morgan fingerprint density at radius 3 is 2.67 bits per heavy atom. The number of rotatable bonds is 5. The van der Waals surface area contributed by atoms with Crippen LogP contribution in [0.25, 0.3) is 0 Å². The molecule has 15 heavy (non-hydrogen) atoms. The highest BCUT2D eigenvalue weighted by Gasteiger charge is 2.05. The second-order valence-corrected chi connectivity index (χ2v) is 4.41. The highest BCUT2D eigenvalue weighted by atomic mass is 79.9. The Morgan fingerprint density at radius 1 is 1.33 bits per heavy atom. The molecular formula is C11H18BrN3. The summed E-state index contributed by atoms with van der Waals surface area (Å²) < 4.78 is 0.868. The molecule has 0 bridgehead atoms. The van der Waals surface area contributed by atoms with Crippen LogP contribution in [-0.4, -0.2) is 23.6 Å². The highest BCUT2D eigenvalue weighted by molar-refractivity contribution is 9.10. The molecule has 84 valence electrons. The third-order valence-corrected chi connectivity index (χ3v) is 2.69. The van der Waals surface area contributed by atoms with Gasteiger partial charge in [0.2, 0.25) is 0 Å². The summed E-state index contributed by atoms with van der Waals surface area (Å²) in [4.78, 5) is 11.0. The molecule has 1 aromatic rings. The van der Waals surface area contributed by atoms with E-state index in [1.165, 1.54) is 12.8 Å². The van der Waals surface area contributed by atoms with E-state index < -0.39 is 0 Å². The van der Waals surface area contributed by atoms with Gasteiger partial charge in [-0.1, -0.05) is 20.3 Å². The Kier molecular flexibility index (Phi) is 5.02. The van der Waals surface area contributed by atoms with Crippen molar-refractivity contribution in [3.05, 3.63) is 16.5 Å². The van der Waals surface area contributed by atoms with E-state index in [-0.39, 0.29) is 0 Å². The van der Waals surface area contributed by atoms with Crippen LogP contribution in [0.3, 0.4) is 0 Å². The minimum Gasteiger partial charge on any atom is -0.360 e. The van der Waals surface area contributed by atoms with Crippen molar-refractivity contribution in [1.29, 1.82) is 0 Å². The van der Waals surface area contributed by atoms with Crippen molar-refractivity contribution >= 4 is 21.7 Å². The zero-order valence-electron chi connectivity index (χ0n) is 9.63. The van der Waals surface area contributed by atoms with Crippen LogP contribution in [0, 0.1) is 0 Å². The molecule has 1 heterocycles. The average molecular weight is 272 g/mol. The number of nitrogens with zero attached hydrogens (tertiary/aromatic N) is 3. The second kappa shape index (κ2) is 6.05. The molecule has 1 aromatic heterocycles. The maximum atomic E-state index is 4.49.